The van der Waals surface area contributed by atoms with E-state index in [0.717, 1.165) is 30.3 Å². The Hall–Kier alpha value is -2.51. The SMILES string of the molecule is CC(O)CN(CC(=O)Nc1cccc(C(=O)N2CCSCC2)c1)c1ccccc1. The van der Waals surface area contributed by atoms with E-state index in [2.05, 4.69) is 5.32 Å². The Morgan fingerprint density at radius 2 is 1.86 bits per heavy atom. The van der Waals surface area contributed by atoms with E-state index in [1.807, 2.05) is 51.9 Å². The van der Waals surface area contributed by atoms with E-state index in [9.17, 15) is 14.7 Å². The summed E-state index contributed by atoms with van der Waals surface area (Å²) in [5, 5.41) is 12.7. The molecule has 7 heteroatoms. The van der Waals surface area contributed by atoms with Gasteiger partial charge in [0.15, 0.2) is 0 Å². The molecule has 0 saturated carbocycles. The molecule has 0 bridgehead atoms. The van der Waals surface area contributed by atoms with Crippen molar-refractivity contribution in [3.63, 3.8) is 0 Å². The highest BCUT2D eigenvalue weighted by Crippen LogP contribution is 2.17. The Morgan fingerprint density at radius 3 is 2.55 bits per heavy atom. The van der Waals surface area contributed by atoms with Gasteiger partial charge in [0.2, 0.25) is 5.91 Å². The van der Waals surface area contributed by atoms with Gasteiger partial charge in [0.25, 0.3) is 5.91 Å². The number of amides is 2. The van der Waals surface area contributed by atoms with E-state index >= 15 is 0 Å². The number of hydrogen-bond acceptors (Lipinski definition) is 5. The average molecular weight is 414 g/mol. The summed E-state index contributed by atoms with van der Waals surface area (Å²) >= 11 is 1.86. The number of aliphatic hydroxyl groups excluding tert-OH is 1. The molecule has 2 aromatic rings. The average Bonchev–Trinajstić information content (AvgIpc) is 2.74. The lowest BCUT2D eigenvalue weighted by Gasteiger charge is -2.27. The van der Waals surface area contributed by atoms with E-state index < -0.39 is 6.10 Å². The minimum Gasteiger partial charge on any atom is -0.392 e. The number of anilines is 2. The van der Waals surface area contributed by atoms with Gasteiger partial charge in [-0.05, 0) is 37.3 Å². The summed E-state index contributed by atoms with van der Waals surface area (Å²) in [7, 11) is 0. The summed E-state index contributed by atoms with van der Waals surface area (Å²) < 4.78 is 0. The number of benzene rings is 2. The summed E-state index contributed by atoms with van der Waals surface area (Å²) in [6.45, 7) is 3.67. The van der Waals surface area contributed by atoms with Gasteiger partial charge in [0.1, 0.15) is 0 Å². The molecule has 154 valence electrons. The first-order valence-electron chi connectivity index (χ1n) is 9.78. The molecule has 2 amide bonds. The molecular formula is C22H27N3O3S. The zero-order chi connectivity index (χ0) is 20.6. The lowest BCUT2D eigenvalue weighted by molar-refractivity contribution is -0.115. The molecule has 1 unspecified atom stereocenters. The number of hydrogen-bond donors (Lipinski definition) is 2. The van der Waals surface area contributed by atoms with Crippen LogP contribution in [-0.4, -0.2) is 65.6 Å². The van der Waals surface area contributed by atoms with E-state index in [1.54, 1.807) is 31.2 Å². The molecule has 3 rings (SSSR count). The summed E-state index contributed by atoms with van der Waals surface area (Å²) in [6.07, 6.45) is -0.563. The smallest absolute Gasteiger partial charge is 0.253 e. The van der Waals surface area contributed by atoms with Crippen LogP contribution in [0.2, 0.25) is 0 Å². The number of carbonyl (C=O) groups excluding carboxylic acids is 2. The molecule has 2 N–H and O–H groups in total. The van der Waals surface area contributed by atoms with E-state index in [-0.39, 0.29) is 18.4 Å². The highest BCUT2D eigenvalue weighted by molar-refractivity contribution is 7.99. The van der Waals surface area contributed by atoms with Crippen molar-refractivity contribution < 1.29 is 14.7 Å². The van der Waals surface area contributed by atoms with Crippen molar-refractivity contribution in [1.82, 2.24) is 4.90 Å². The maximum Gasteiger partial charge on any atom is 0.253 e. The van der Waals surface area contributed by atoms with Gasteiger partial charge in [-0.15, -0.1) is 0 Å². The van der Waals surface area contributed by atoms with Gasteiger partial charge < -0.3 is 20.2 Å². The fourth-order valence-corrected chi connectivity index (χ4v) is 4.17. The van der Waals surface area contributed by atoms with Crippen LogP contribution in [-0.2, 0) is 4.79 Å². The van der Waals surface area contributed by atoms with Crippen LogP contribution in [0.3, 0.4) is 0 Å². The topological polar surface area (TPSA) is 72.9 Å². The zero-order valence-electron chi connectivity index (χ0n) is 16.6. The summed E-state index contributed by atoms with van der Waals surface area (Å²) in [5.41, 5.74) is 2.05. The third-order valence-electron chi connectivity index (χ3n) is 4.63. The molecule has 1 aliphatic heterocycles. The molecular weight excluding hydrogens is 386 g/mol. The third kappa shape index (κ3) is 6.24. The monoisotopic (exact) mass is 413 g/mol. The van der Waals surface area contributed by atoms with Gasteiger partial charge in [-0.3, -0.25) is 9.59 Å². The van der Waals surface area contributed by atoms with Crippen molar-refractivity contribution in [3.05, 3.63) is 60.2 Å². The number of aliphatic hydroxyl groups is 1. The molecule has 0 aromatic heterocycles. The quantitative estimate of drug-likeness (QED) is 0.730. The maximum atomic E-state index is 12.7. The fourth-order valence-electron chi connectivity index (χ4n) is 3.27. The van der Waals surface area contributed by atoms with Gasteiger partial charge in [-0.2, -0.15) is 11.8 Å². The zero-order valence-corrected chi connectivity index (χ0v) is 17.4. The second-order valence-electron chi connectivity index (χ2n) is 7.10. The lowest BCUT2D eigenvalue weighted by atomic mass is 10.1. The lowest BCUT2D eigenvalue weighted by Crippen LogP contribution is -2.38. The van der Waals surface area contributed by atoms with Crippen LogP contribution in [0.4, 0.5) is 11.4 Å². The normalized spacial score (nSPS) is 14.9. The number of nitrogens with one attached hydrogen (secondary N) is 1. The van der Waals surface area contributed by atoms with E-state index in [1.165, 1.54) is 0 Å². The highest BCUT2D eigenvalue weighted by Gasteiger charge is 2.19. The largest absolute Gasteiger partial charge is 0.392 e. The number of thioether (sulfide) groups is 1. The van der Waals surface area contributed by atoms with Crippen LogP contribution in [0.25, 0.3) is 0 Å². The predicted molar refractivity (Wildman–Crippen MR) is 119 cm³/mol. The Bertz CT molecular complexity index is 823. The fraction of sp³-hybridized carbons (Fsp3) is 0.364. The predicted octanol–water partition coefficient (Wildman–Crippen LogP) is 2.70. The minimum atomic E-state index is -0.563. The molecule has 1 fully saturated rings. The Morgan fingerprint density at radius 1 is 1.14 bits per heavy atom. The Labute approximate surface area is 175 Å². The molecule has 29 heavy (non-hydrogen) atoms. The van der Waals surface area contributed by atoms with Crippen molar-refractivity contribution in [1.29, 1.82) is 0 Å². The number of rotatable bonds is 7. The first-order valence-corrected chi connectivity index (χ1v) is 10.9. The standard InChI is InChI=1S/C22H27N3O3S/c1-17(26)15-25(20-8-3-2-4-9-20)16-21(27)23-19-7-5-6-18(14-19)22(28)24-10-12-29-13-11-24/h2-9,14,17,26H,10-13,15-16H2,1H3,(H,23,27). The summed E-state index contributed by atoms with van der Waals surface area (Å²) in [5.74, 6) is 1.72. The summed E-state index contributed by atoms with van der Waals surface area (Å²) in [6, 6.07) is 16.6. The Kier molecular flexibility index (Phi) is 7.55. The first-order chi connectivity index (χ1) is 14.0. The van der Waals surface area contributed by atoms with Crippen LogP contribution >= 0.6 is 11.8 Å². The highest BCUT2D eigenvalue weighted by atomic mass is 32.2. The van der Waals surface area contributed by atoms with Gasteiger partial charge >= 0.3 is 0 Å². The molecule has 1 aliphatic rings. The second-order valence-corrected chi connectivity index (χ2v) is 8.32. The summed E-state index contributed by atoms with van der Waals surface area (Å²) in [4.78, 5) is 29.0. The van der Waals surface area contributed by atoms with Crippen molar-refractivity contribution >= 4 is 35.0 Å². The van der Waals surface area contributed by atoms with Crippen molar-refractivity contribution in [2.75, 3.05) is 47.9 Å². The van der Waals surface area contributed by atoms with Crippen molar-refractivity contribution in [3.8, 4) is 0 Å². The van der Waals surface area contributed by atoms with E-state index in [0.29, 0.717) is 17.8 Å². The van der Waals surface area contributed by atoms with Crippen molar-refractivity contribution in [2.45, 2.75) is 13.0 Å². The molecule has 0 spiro atoms. The first kappa shape index (κ1) is 21.2. The van der Waals surface area contributed by atoms with E-state index in [4.69, 9.17) is 0 Å². The molecule has 0 aliphatic carbocycles. The van der Waals surface area contributed by atoms with Crippen LogP contribution in [0.5, 0.6) is 0 Å². The molecule has 0 radical (unpaired) electrons. The molecule has 2 aromatic carbocycles. The number of para-hydroxylation sites is 1. The van der Waals surface area contributed by atoms with Crippen LogP contribution in [0.1, 0.15) is 17.3 Å². The molecule has 1 atom stereocenters. The van der Waals surface area contributed by atoms with Crippen LogP contribution < -0.4 is 10.2 Å². The molecule has 6 nitrogen and oxygen atoms in total. The molecule has 1 heterocycles. The van der Waals surface area contributed by atoms with Gasteiger partial charge in [0, 0.05) is 48.1 Å². The molecule has 1 saturated heterocycles. The second kappa shape index (κ2) is 10.3. The number of carbonyl (C=O) groups is 2. The number of nitrogens with zero attached hydrogens (tertiary/aromatic N) is 2. The van der Waals surface area contributed by atoms with Crippen molar-refractivity contribution in [2.24, 2.45) is 0 Å². The third-order valence-corrected chi connectivity index (χ3v) is 5.57. The Balaban J connectivity index is 1.65. The maximum absolute atomic E-state index is 12.7. The van der Waals surface area contributed by atoms with Gasteiger partial charge in [-0.25, -0.2) is 0 Å². The van der Waals surface area contributed by atoms with Gasteiger partial charge in [-0.1, -0.05) is 24.3 Å². The minimum absolute atomic E-state index is 0.00131. The van der Waals surface area contributed by atoms with Gasteiger partial charge in [0.05, 0.1) is 12.6 Å². The van der Waals surface area contributed by atoms with Crippen LogP contribution in [0, 0.1) is 0 Å². The van der Waals surface area contributed by atoms with Crippen LogP contribution in [0.15, 0.2) is 54.6 Å².